The molecule has 30 heavy (non-hydrogen) atoms. The Morgan fingerprint density at radius 3 is 2.67 bits per heavy atom. The summed E-state index contributed by atoms with van der Waals surface area (Å²) < 4.78 is 2.49. The molecule has 0 aliphatic rings. The van der Waals surface area contributed by atoms with E-state index in [0.717, 1.165) is 16.5 Å². The Kier molecular flexibility index (Phi) is 5.69. The van der Waals surface area contributed by atoms with E-state index in [2.05, 4.69) is 26.2 Å². The van der Waals surface area contributed by atoms with E-state index in [-0.39, 0.29) is 11.3 Å². The summed E-state index contributed by atoms with van der Waals surface area (Å²) in [5.41, 5.74) is 1.44. The van der Waals surface area contributed by atoms with Gasteiger partial charge in [0.2, 0.25) is 0 Å². The smallest absolute Gasteiger partial charge is 0.267 e. The van der Waals surface area contributed by atoms with Crippen LogP contribution in [0.5, 0.6) is 5.75 Å². The molecule has 152 valence electrons. The van der Waals surface area contributed by atoms with Gasteiger partial charge in [0.05, 0.1) is 11.2 Å². The van der Waals surface area contributed by atoms with Crippen molar-refractivity contribution >= 4 is 49.2 Å². The molecule has 0 atom stereocenters. The van der Waals surface area contributed by atoms with Gasteiger partial charge in [0.15, 0.2) is 5.13 Å². The zero-order valence-corrected chi connectivity index (χ0v) is 18.5. The van der Waals surface area contributed by atoms with Crippen LogP contribution in [0.15, 0.2) is 63.2 Å². The van der Waals surface area contributed by atoms with Crippen LogP contribution in [0.25, 0.3) is 22.2 Å². The molecule has 2 N–H and O–H groups in total. The maximum absolute atomic E-state index is 13.0. The number of benzene rings is 2. The van der Waals surface area contributed by atoms with E-state index >= 15 is 0 Å². The number of nitrogens with one attached hydrogen (secondary N) is 1. The molecular weight excluding hydrogens is 466 g/mol. The number of para-hydroxylation sites is 1. The first-order valence-electron chi connectivity index (χ1n) is 9.37. The molecule has 0 aliphatic heterocycles. The number of rotatable bonds is 5. The number of halogens is 1. The van der Waals surface area contributed by atoms with E-state index in [9.17, 15) is 14.7 Å². The predicted octanol–water partition coefficient (Wildman–Crippen LogP) is 5.26. The lowest BCUT2D eigenvalue weighted by molar-refractivity contribution is 0.102. The largest absolute Gasteiger partial charge is 0.506 e. The molecular formula is C22H18BrN3O3S. The second-order valence-corrected chi connectivity index (χ2v) is 8.47. The number of carbonyl (C=O) groups excluding carboxylic acids is 1. The Morgan fingerprint density at radius 1 is 1.20 bits per heavy atom. The van der Waals surface area contributed by atoms with Gasteiger partial charge in [0.25, 0.3) is 11.5 Å². The van der Waals surface area contributed by atoms with Crippen molar-refractivity contribution in [3.05, 3.63) is 74.3 Å². The van der Waals surface area contributed by atoms with Crippen LogP contribution in [0.2, 0.25) is 0 Å². The van der Waals surface area contributed by atoms with Crippen LogP contribution in [-0.4, -0.2) is 20.6 Å². The number of hydrogen-bond acceptors (Lipinski definition) is 5. The summed E-state index contributed by atoms with van der Waals surface area (Å²) in [6.07, 6.45) is 0.721. The lowest BCUT2D eigenvalue weighted by atomic mass is 10.1. The van der Waals surface area contributed by atoms with Gasteiger partial charge in [-0.2, -0.15) is 0 Å². The number of fused-ring (bicyclic) bond motifs is 1. The van der Waals surface area contributed by atoms with Crippen molar-refractivity contribution in [3.8, 4) is 17.0 Å². The molecule has 0 spiro atoms. The monoisotopic (exact) mass is 483 g/mol. The molecule has 4 aromatic rings. The van der Waals surface area contributed by atoms with Gasteiger partial charge in [0.1, 0.15) is 11.3 Å². The summed E-state index contributed by atoms with van der Waals surface area (Å²) in [4.78, 5) is 30.4. The minimum Gasteiger partial charge on any atom is -0.506 e. The van der Waals surface area contributed by atoms with Crippen LogP contribution in [0.1, 0.15) is 23.7 Å². The summed E-state index contributed by atoms with van der Waals surface area (Å²) in [6, 6.07) is 14.7. The van der Waals surface area contributed by atoms with E-state index in [1.165, 1.54) is 15.9 Å². The van der Waals surface area contributed by atoms with Crippen molar-refractivity contribution in [2.24, 2.45) is 0 Å². The first-order chi connectivity index (χ1) is 14.5. The Bertz CT molecular complexity index is 1300. The van der Waals surface area contributed by atoms with Gasteiger partial charge in [-0.05, 0) is 30.7 Å². The number of aromatic nitrogens is 2. The second kappa shape index (κ2) is 8.41. The highest BCUT2D eigenvalue weighted by molar-refractivity contribution is 9.10. The maximum atomic E-state index is 13.0. The summed E-state index contributed by atoms with van der Waals surface area (Å²) in [5.74, 6) is -0.991. The van der Waals surface area contributed by atoms with Crippen molar-refractivity contribution in [1.29, 1.82) is 0 Å². The van der Waals surface area contributed by atoms with Crippen LogP contribution in [0.4, 0.5) is 5.13 Å². The van der Waals surface area contributed by atoms with Gasteiger partial charge in [-0.1, -0.05) is 47.1 Å². The molecule has 0 unspecified atom stereocenters. The van der Waals surface area contributed by atoms with Crippen molar-refractivity contribution < 1.29 is 9.90 Å². The minimum atomic E-state index is -0.676. The Balaban J connectivity index is 1.70. The summed E-state index contributed by atoms with van der Waals surface area (Å²) in [5, 5.41) is 16.0. The van der Waals surface area contributed by atoms with Gasteiger partial charge < -0.3 is 9.67 Å². The molecule has 0 radical (unpaired) electrons. The van der Waals surface area contributed by atoms with Crippen LogP contribution in [0.3, 0.4) is 0 Å². The molecule has 1 amide bonds. The van der Waals surface area contributed by atoms with Crippen LogP contribution < -0.4 is 10.9 Å². The highest BCUT2D eigenvalue weighted by Gasteiger charge is 2.23. The average molecular weight is 484 g/mol. The molecule has 2 heterocycles. The molecule has 0 saturated carbocycles. The third-order valence-electron chi connectivity index (χ3n) is 4.68. The zero-order valence-electron chi connectivity index (χ0n) is 16.1. The Hall–Kier alpha value is -2.97. The number of aromatic hydroxyl groups is 1. The third-order valence-corrected chi connectivity index (χ3v) is 5.97. The summed E-state index contributed by atoms with van der Waals surface area (Å²) in [7, 11) is 0. The topological polar surface area (TPSA) is 84.2 Å². The quantitative estimate of drug-likeness (QED) is 0.405. The number of aryl methyl sites for hydroxylation is 1. The van der Waals surface area contributed by atoms with E-state index in [0.29, 0.717) is 28.3 Å². The predicted molar refractivity (Wildman–Crippen MR) is 123 cm³/mol. The van der Waals surface area contributed by atoms with Crippen LogP contribution in [0, 0.1) is 0 Å². The Morgan fingerprint density at radius 2 is 1.93 bits per heavy atom. The van der Waals surface area contributed by atoms with Crippen LogP contribution in [-0.2, 0) is 6.54 Å². The SMILES string of the molecule is CCCn1c(=O)c(C(=O)Nc2nc(-c3ccc(Br)cc3)cs2)c(O)c2ccccc21. The second-order valence-electron chi connectivity index (χ2n) is 6.70. The van der Waals surface area contributed by atoms with E-state index in [1.807, 2.05) is 36.6 Å². The maximum Gasteiger partial charge on any atom is 0.267 e. The number of hydrogen-bond donors (Lipinski definition) is 2. The average Bonchev–Trinajstić information content (AvgIpc) is 3.20. The lowest BCUT2D eigenvalue weighted by Gasteiger charge is -2.13. The molecule has 6 nitrogen and oxygen atoms in total. The number of pyridine rings is 1. The summed E-state index contributed by atoms with van der Waals surface area (Å²) in [6.45, 7) is 2.40. The molecule has 8 heteroatoms. The number of nitrogens with zero attached hydrogens (tertiary/aromatic N) is 2. The molecule has 0 fully saturated rings. The van der Waals surface area contributed by atoms with E-state index < -0.39 is 11.5 Å². The normalized spacial score (nSPS) is 11.0. The summed E-state index contributed by atoms with van der Waals surface area (Å²) >= 11 is 4.66. The van der Waals surface area contributed by atoms with Gasteiger partial charge in [0, 0.05) is 27.3 Å². The molecule has 0 bridgehead atoms. The fourth-order valence-corrected chi connectivity index (χ4v) is 4.26. The molecule has 2 aromatic carbocycles. The number of carbonyl (C=O) groups is 1. The van der Waals surface area contributed by atoms with Crippen molar-refractivity contribution in [2.45, 2.75) is 19.9 Å². The van der Waals surface area contributed by atoms with Crippen molar-refractivity contribution in [3.63, 3.8) is 0 Å². The first-order valence-corrected chi connectivity index (χ1v) is 11.0. The molecule has 0 aliphatic carbocycles. The minimum absolute atomic E-state index is 0.275. The number of anilines is 1. The Labute approximate surface area is 185 Å². The number of amides is 1. The van der Waals surface area contributed by atoms with E-state index in [4.69, 9.17) is 0 Å². The van der Waals surface area contributed by atoms with Gasteiger partial charge in [-0.3, -0.25) is 14.9 Å². The lowest BCUT2D eigenvalue weighted by Crippen LogP contribution is -2.29. The van der Waals surface area contributed by atoms with Gasteiger partial charge in [-0.25, -0.2) is 4.98 Å². The third kappa shape index (κ3) is 3.76. The van der Waals surface area contributed by atoms with Gasteiger partial charge in [-0.15, -0.1) is 11.3 Å². The van der Waals surface area contributed by atoms with Crippen LogP contribution >= 0.6 is 27.3 Å². The highest BCUT2D eigenvalue weighted by Crippen LogP contribution is 2.29. The van der Waals surface area contributed by atoms with E-state index in [1.54, 1.807) is 24.3 Å². The fraction of sp³-hybridized carbons (Fsp3) is 0.136. The fourth-order valence-electron chi connectivity index (χ4n) is 3.28. The van der Waals surface area contributed by atoms with Crippen molar-refractivity contribution in [1.82, 2.24) is 9.55 Å². The molecule has 0 saturated heterocycles. The standard InChI is InChI=1S/C22H18BrN3O3S/c1-2-11-26-17-6-4-3-5-15(17)19(27)18(21(26)29)20(28)25-22-24-16(12-30-22)13-7-9-14(23)10-8-13/h3-10,12,27H,2,11H2,1H3,(H,24,25,28). The first kappa shape index (κ1) is 20.3. The number of thiazole rings is 1. The zero-order chi connectivity index (χ0) is 21.3. The van der Waals surface area contributed by atoms with Gasteiger partial charge >= 0.3 is 0 Å². The molecule has 4 rings (SSSR count). The highest BCUT2D eigenvalue weighted by atomic mass is 79.9. The van der Waals surface area contributed by atoms with Crippen molar-refractivity contribution in [2.75, 3.05) is 5.32 Å². The molecule has 2 aromatic heterocycles.